The van der Waals surface area contributed by atoms with Crippen molar-refractivity contribution in [1.29, 1.82) is 0 Å². The molecule has 0 spiro atoms. The molecular weight excluding hydrogens is 126 g/mol. The normalized spacial score (nSPS) is 29.7. The maximum atomic E-state index is 5.83. The van der Waals surface area contributed by atoms with Gasteiger partial charge >= 0.3 is 0 Å². The summed E-state index contributed by atoms with van der Waals surface area (Å²) in [5.74, 6) is 0.749. The van der Waals surface area contributed by atoms with Gasteiger partial charge in [0.2, 0.25) is 0 Å². The van der Waals surface area contributed by atoms with E-state index >= 15 is 0 Å². The molecule has 1 saturated heterocycles. The Hall–Kier alpha value is -0.0800. The molecule has 0 bridgehead atoms. The highest BCUT2D eigenvalue weighted by molar-refractivity contribution is 4.82. The molecule has 2 nitrogen and oxygen atoms in total. The summed E-state index contributed by atoms with van der Waals surface area (Å²) in [6, 6.07) is 0.287. The first kappa shape index (κ1) is 8.02. The highest BCUT2D eigenvalue weighted by atomic mass is 16.6. The molecule has 0 saturated carbocycles. The summed E-state index contributed by atoms with van der Waals surface area (Å²) in [6.07, 6.45) is 2.72. The molecule has 60 valence electrons. The lowest BCUT2D eigenvalue weighted by atomic mass is 9.98. The van der Waals surface area contributed by atoms with Crippen LogP contribution in [0.5, 0.6) is 0 Å². The summed E-state index contributed by atoms with van der Waals surface area (Å²) in [7, 11) is 0. The molecule has 2 heteroatoms. The molecule has 1 rings (SSSR count). The van der Waals surface area contributed by atoms with Crippen LogP contribution in [0.1, 0.15) is 26.7 Å². The maximum Gasteiger partial charge on any atom is 0.0960 e. The molecular formula is C8H17NO. The summed E-state index contributed by atoms with van der Waals surface area (Å²) in [5, 5.41) is 0. The van der Waals surface area contributed by atoms with E-state index in [9.17, 15) is 0 Å². The van der Waals surface area contributed by atoms with Gasteiger partial charge in [-0.3, -0.25) is 0 Å². The molecule has 3 atom stereocenters. The highest BCUT2D eigenvalue weighted by Crippen LogP contribution is 2.19. The van der Waals surface area contributed by atoms with Gasteiger partial charge in [0.25, 0.3) is 0 Å². The van der Waals surface area contributed by atoms with E-state index in [0.717, 1.165) is 18.9 Å². The van der Waals surface area contributed by atoms with Gasteiger partial charge in [0.1, 0.15) is 0 Å². The molecule has 0 aliphatic carbocycles. The largest absolute Gasteiger partial charge is 0.371 e. The minimum Gasteiger partial charge on any atom is -0.371 e. The van der Waals surface area contributed by atoms with Crippen LogP contribution in [0, 0.1) is 5.92 Å². The lowest BCUT2D eigenvalue weighted by Crippen LogP contribution is -2.28. The number of hydrogen-bond donors (Lipinski definition) is 1. The van der Waals surface area contributed by atoms with Crippen LogP contribution in [0.15, 0.2) is 0 Å². The molecule has 0 aromatic carbocycles. The quantitative estimate of drug-likeness (QED) is 0.599. The fraction of sp³-hybridized carbons (Fsp3) is 1.00. The third kappa shape index (κ3) is 2.27. The van der Waals surface area contributed by atoms with Crippen molar-refractivity contribution in [2.75, 3.05) is 6.61 Å². The van der Waals surface area contributed by atoms with E-state index in [4.69, 9.17) is 10.5 Å². The Bertz CT molecular complexity index is 101. The Morgan fingerprint density at radius 3 is 2.70 bits per heavy atom. The van der Waals surface area contributed by atoms with Gasteiger partial charge in [0.15, 0.2) is 0 Å². The molecule has 0 aromatic heterocycles. The van der Waals surface area contributed by atoms with E-state index in [2.05, 4.69) is 13.8 Å². The fourth-order valence-electron chi connectivity index (χ4n) is 1.09. The molecule has 1 aliphatic rings. The molecule has 3 unspecified atom stereocenters. The van der Waals surface area contributed by atoms with Gasteiger partial charge in [-0.1, -0.05) is 20.3 Å². The summed E-state index contributed by atoms with van der Waals surface area (Å²) in [4.78, 5) is 0. The number of rotatable bonds is 4. The Balaban J connectivity index is 2.10. The minimum atomic E-state index is 0.287. The van der Waals surface area contributed by atoms with E-state index in [1.165, 1.54) is 6.42 Å². The predicted octanol–water partition coefficient (Wildman–Crippen LogP) is 1.15. The Kier molecular flexibility index (Phi) is 2.69. The van der Waals surface area contributed by atoms with Crippen LogP contribution in [0.2, 0.25) is 0 Å². The van der Waals surface area contributed by atoms with Crippen molar-refractivity contribution >= 4 is 0 Å². The van der Waals surface area contributed by atoms with Gasteiger partial charge in [0, 0.05) is 6.04 Å². The van der Waals surface area contributed by atoms with E-state index in [0.29, 0.717) is 6.10 Å². The van der Waals surface area contributed by atoms with Crippen LogP contribution in [0.4, 0.5) is 0 Å². The van der Waals surface area contributed by atoms with Crippen LogP contribution < -0.4 is 5.73 Å². The van der Waals surface area contributed by atoms with Crippen molar-refractivity contribution in [2.45, 2.75) is 38.8 Å². The SMILES string of the molecule is CCC(C)CC(N)C1CO1. The van der Waals surface area contributed by atoms with Crippen LogP contribution in [0.25, 0.3) is 0 Å². The average Bonchev–Trinajstić information content (AvgIpc) is 2.68. The monoisotopic (exact) mass is 143 g/mol. The topological polar surface area (TPSA) is 38.5 Å². The van der Waals surface area contributed by atoms with Crippen LogP contribution in [0.3, 0.4) is 0 Å². The number of hydrogen-bond acceptors (Lipinski definition) is 2. The summed E-state index contributed by atoms with van der Waals surface area (Å²) < 4.78 is 5.09. The minimum absolute atomic E-state index is 0.287. The van der Waals surface area contributed by atoms with Gasteiger partial charge < -0.3 is 10.5 Å². The van der Waals surface area contributed by atoms with Crippen molar-refractivity contribution in [3.8, 4) is 0 Å². The second-order valence-electron chi connectivity index (χ2n) is 3.28. The van der Waals surface area contributed by atoms with Crippen molar-refractivity contribution in [2.24, 2.45) is 11.7 Å². The van der Waals surface area contributed by atoms with E-state index in [1.807, 2.05) is 0 Å². The van der Waals surface area contributed by atoms with E-state index < -0.39 is 0 Å². The van der Waals surface area contributed by atoms with Gasteiger partial charge in [-0.25, -0.2) is 0 Å². The third-order valence-electron chi connectivity index (χ3n) is 2.21. The van der Waals surface area contributed by atoms with Gasteiger partial charge in [-0.2, -0.15) is 0 Å². The molecule has 0 aromatic rings. The lowest BCUT2D eigenvalue weighted by Gasteiger charge is -2.12. The van der Waals surface area contributed by atoms with Crippen molar-refractivity contribution in [3.05, 3.63) is 0 Å². The Labute approximate surface area is 62.7 Å². The second-order valence-corrected chi connectivity index (χ2v) is 3.28. The molecule has 2 N–H and O–H groups in total. The van der Waals surface area contributed by atoms with Gasteiger partial charge in [-0.05, 0) is 12.3 Å². The van der Waals surface area contributed by atoms with Crippen molar-refractivity contribution in [1.82, 2.24) is 0 Å². The van der Waals surface area contributed by atoms with Gasteiger partial charge in [-0.15, -0.1) is 0 Å². The first-order valence-corrected chi connectivity index (χ1v) is 4.11. The van der Waals surface area contributed by atoms with Gasteiger partial charge in [0.05, 0.1) is 12.7 Å². The molecule has 1 aliphatic heterocycles. The summed E-state index contributed by atoms with van der Waals surface area (Å²) in [5.41, 5.74) is 5.83. The summed E-state index contributed by atoms with van der Waals surface area (Å²) in [6.45, 7) is 5.32. The van der Waals surface area contributed by atoms with Crippen molar-refractivity contribution in [3.63, 3.8) is 0 Å². The highest BCUT2D eigenvalue weighted by Gasteiger charge is 2.30. The smallest absolute Gasteiger partial charge is 0.0960 e. The lowest BCUT2D eigenvalue weighted by molar-refractivity contribution is 0.337. The molecule has 0 radical (unpaired) electrons. The summed E-state index contributed by atoms with van der Waals surface area (Å²) >= 11 is 0. The Morgan fingerprint density at radius 1 is 1.70 bits per heavy atom. The fourth-order valence-corrected chi connectivity index (χ4v) is 1.09. The third-order valence-corrected chi connectivity index (χ3v) is 2.21. The predicted molar refractivity (Wildman–Crippen MR) is 41.8 cm³/mol. The number of ether oxygens (including phenoxy) is 1. The van der Waals surface area contributed by atoms with Crippen LogP contribution in [-0.2, 0) is 4.74 Å². The average molecular weight is 143 g/mol. The van der Waals surface area contributed by atoms with Crippen LogP contribution >= 0.6 is 0 Å². The standard InChI is InChI=1S/C8H17NO/c1-3-6(2)4-7(9)8-5-10-8/h6-8H,3-5,9H2,1-2H3. The molecule has 0 amide bonds. The molecule has 1 heterocycles. The molecule has 10 heavy (non-hydrogen) atoms. The van der Waals surface area contributed by atoms with E-state index in [1.54, 1.807) is 0 Å². The molecule has 1 fully saturated rings. The zero-order valence-electron chi connectivity index (χ0n) is 6.84. The second kappa shape index (κ2) is 3.35. The zero-order chi connectivity index (χ0) is 7.56. The van der Waals surface area contributed by atoms with E-state index in [-0.39, 0.29) is 6.04 Å². The number of epoxide rings is 1. The zero-order valence-corrected chi connectivity index (χ0v) is 6.84. The van der Waals surface area contributed by atoms with Crippen molar-refractivity contribution < 1.29 is 4.74 Å². The van der Waals surface area contributed by atoms with Crippen LogP contribution in [-0.4, -0.2) is 18.8 Å². The first-order chi connectivity index (χ1) is 4.74. The first-order valence-electron chi connectivity index (χ1n) is 4.11. The Morgan fingerprint density at radius 2 is 2.30 bits per heavy atom. The maximum absolute atomic E-state index is 5.83. The number of nitrogens with two attached hydrogens (primary N) is 1.